The second-order valence-corrected chi connectivity index (χ2v) is 5.66. The van der Waals surface area contributed by atoms with Crippen LogP contribution < -0.4 is 0 Å². The van der Waals surface area contributed by atoms with Crippen molar-refractivity contribution in [2.45, 2.75) is 12.8 Å². The highest BCUT2D eigenvalue weighted by molar-refractivity contribution is 7.90. The zero-order valence-electron chi connectivity index (χ0n) is 8.34. The van der Waals surface area contributed by atoms with Crippen LogP contribution in [0.25, 0.3) is 0 Å². The number of nitrogens with zero attached hydrogens (tertiary/aromatic N) is 1. The van der Waals surface area contributed by atoms with Gasteiger partial charge in [-0.1, -0.05) is 0 Å². The zero-order valence-corrected chi connectivity index (χ0v) is 9.97. The number of aliphatic imine (C=N–C) groups is 1. The molecule has 0 aliphatic carbocycles. The molecule has 0 fully saturated rings. The molecule has 0 aromatic carbocycles. The van der Waals surface area contributed by atoms with Gasteiger partial charge in [-0.3, -0.25) is 4.79 Å². The van der Waals surface area contributed by atoms with Gasteiger partial charge in [-0.2, -0.15) is 0 Å². The van der Waals surface area contributed by atoms with E-state index in [0.29, 0.717) is 0 Å². The number of rotatable bonds is 7. The fourth-order valence-corrected chi connectivity index (χ4v) is 1.82. The highest BCUT2D eigenvalue weighted by Gasteiger charge is 2.18. The normalized spacial score (nSPS) is 12.9. The highest BCUT2D eigenvalue weighted by Crippen LogP contribution is 2.10. The van der Waals surface area contributed by atoms with Crippen molar-refractivity contribution in [1.29, 1.82) is 0 Å². The van der Waals surface area contributed by atoms with Crippen LogP contribution in [-0.4, -0.2) is 43.2 Å². The van der Waals surface area contributed by atoms with Crippen molar-refractivity contribution < 1.29 is 18.3 Å². The van der Waals surface area contributed by atoms with Crippen molar-refractivity contribution in [2.24, 2.45) is 10.9 Å². The van der Waals surface area contributed by atoms with Gasteiger partial charge >= 0.3 is 5.97 Å². The van der Waals surface area contributed by atoms with Crippen LogP contribution >= 0.6 is 12.2 Å². The van der Waals surface area contributed by atoms with Gasteiger partial charge in [-0.25, -0.2) is 13.4 Å². The summed E-state index contributed by atoms with van der Waals surface area (Å²) in [6.45, 7) is 0.268. The topological polar surface area (TPSA) is 83.8 Å². The number of hydrogen-bond donors (Lipinski definition) is 1. The first kappa shape index (κ1) is 14.2. The van der Waals surface area contributed by atoms with Crippen LogP contribution in [0.3, 0.4) is 0 Å². The predicted molar refractivity (Wildman–Crippen MR) is 60.0 cm³/mol. The van der Waals surface area contributed by atoms with Crippen molar-refractivity contribution in [1.82, 2.24) is 0 Å². The Morgan fingerprint density at radius 1 is 1.53 bits per heavy atom. The summed E-state index contributed by atoms with van der Waals surface area (Å²) in [5.74, 6) is -1.81. The average Bonchev–Trinajstić information content (AvgIpc) is 2.08. The van der Waals surface area contributed by atoms with E-state index in [1.54, 1.807) is 0 Å². The molecule has 15 heavy (non-hydrogen) atoms. The molecule has 0 aromatic rings. The van der Waals surface area contributed by atoms with Gasteiger partial charge in [0, 0.05) is 6.26 Å². The first-order valence-corrected chi connectivity index (χ1v) is 6.78. The molecule has 0 radical (unpaired) electrons. The molecule has 0 heterocycles. The summed E-state index contributed by atoms with van der Waals surface area (Å²) in [7, 11) is -3.11. The Morgan fingerprint density at radius 3 is 2.53 bits per heavy atom. The quantitative estimate of drug-likeness (QED) is 0.529. The Balaban J connectivity index is 4.17. The molecule has 0 bridgehead atoms. The molecule has 1 atom stereocenters. The highest BCUT2D eigenvalue weighted by atomic mass is 32.2. The summed E-state index contributed by atoms with van der Waals surface area (Å²) in [6, 6.07) is 0. The van der Waals surface area contributed by atoms with Crippen LogP contribution in [0.2, 0.25) is 0 Å². The molecule has 0 aliphatic rings. The number of hydrogen-bond acceptors (Lipinski definition) is 5. The Bertz CT molecular complexity index is 357. The van der Waals surface area contributed by atoms with E-state index >= 15 is 0 Å². The van der Waals surface area contributed by atoms with Gasteiger partial charge in [0.1, 0.15) is 9.84 Å². The second kappa shape index (κ2) is 6.66. The van der Waals surface area contributed by atoms with E-state index < -0.39 is 21.7 Å². The van der Waals surface area contributed by atoms with Crippen molar-refractivity contribution >= 4 is 33.2 Å². The number of aliphatic carboxylic acids is 1. The third kappa shape index (κ3) is 8.23. The van der Waals surface area contributed by atoms with Crippen molar-refractivity contribution in [3.63, 3.8) is 0 Å². The fraction of sp³-hybridized carbons (Fsp3) is 0.750. The molecule has 5 nitrogen and oxygen atoms in total. The average molecular weight is 251 g/mol. The Morgan fingerprint density at radius 2 is 2.13 bits per heavy atom. The number of carbonyl (C=O) groups is 1. The molecule has 0 saturated carbocycles. The molecule has 1 N–H and O–H groups in total. The molecule has 0 amide bonds. The molecule has 86 valence electrons. The number of carboxylic acid groups (broad SMARTS) is 1. The summed E-state index contributed by atoms with van der Waals surface area (Å²) in [5, 5.41) is 10.9. The van der Waals surface area contributed by atoms with Crippen LogP contribution in [0.5, 0.6) is 0 Å². The van der Waals surface area contributed by atoms with Crippen LogP contribution in [0, 0.1) is 5.92 Å². The van der Waals surface area contributed by atoms with E-state index in [-0.39, 0.29) is 25.1 Å². The van der Waals surface area contributed by atoms with Crippen LogP contribution in [0.4, 0.5) is 0 Å². The van der Waals surface area contributed by atoms with Gasteiger partial charge in [-0.05, 0) is 25.1 Å². The van der Waals surface area contributed by atoms with E-state index in [0.717, 1.165) is 6.26 Å². The van der Waals surface area contributed by atoms with Gasteiger partial charge in [0.2, 0.25) is 0 Å². The third-order valence-corrected chi connectivity index (χ3v) is 2.95. The van der Waals surface area contributed by atoms with E-state index in [2.05, 4.69) is 22.4 Å². The standard InChI is InChI=1S/C8H13NO4S2/c1-15(12,13)5-3-7(8(10)11)2-4-9-6-14/h7H,2-5H2,1H3,(H,10,11). The lowest BCUT2D eigenvalue weighted by Crippen LogP contribution is -2.18. The number of isothiocyanates is 1. The molecule has 1 unspecified atom stereocenters. The zero-order chi connectivity index (χ0) is 11.9. The number of thiocarbonyl (C=S) groups is 1. The molecular weight excluding hydrogens is 238 g/mol. The lowest BCUT2D eigenvalue weighted by molar-refractivity contribution is -0.141. The molecule has 0 spiro atoms. The molecular formula is C8H13NO4S2. The third-order valence-electron chi connectivity index (χ3n) is 1.84. The Hall–Kier alpha value is -0.780. The van der Waals surface area contributed by atoms with Crippen molar-refractivity contribution in [3.05, 3.63) is 0 Å². The number of sulfone groups is 1. The minimum absolute atomic E-state index is 0.112. The van der Waals surface area contributed by atoms with Gasteiger partial charge in [-0.15, -0.1) is 0 Å². The summed E-state index contributed by atoms with van der Waals surface area (Å²) in [4.78, 5) is 14.3. The number of carboxylic acids is 1. The molecule has 0 aromatic heterocycles. The Labute approximate surface area is 94.1 Å². The monoisotopic (exact) mass is 251 g/mol. The maximum absolute atomic E-state index is 10.8. The SMILES string of the molecule is CS(=O)(=O)CCC(CCN=C=S)C(=O)O. The Kier molecular flexibility index (Phi) is 6.31. The smallest absolute Gasteiger partial charge is 0.306 e. The van der Waals surface area contributed by atoms with Crippen LogP contribution in [-0.2, 0) is 14.6 Å². The van der Waals surface area contributed by atoms with Gasteiger partial charge in [0.25, 0.3) is 0 Å². The van der Waals surface area contributed by atoms with E-state index in [4.69, 9.17) is 5.11 Å². The van der Waals surface area contributed by atoms with Crippen molar-refractivity contribution in [3.8, 4) is 0 Å². The summed E-state index contributed by atoms with van der Waals surface area (Å²) in [5.41, 5.74) is 0. The van der Waals surface area contributed by atoms with E-state index in [9.17, 15) is 13.2 Å². The molecule has 0 aliphatic heterocycles. The lowest BCUT2D eigenvalue weighted by Gasteiger charge is -2.09. The predicted octanol–water partition coefficient (Wildman–Crippen LogP) is 0.615. The summed E-state index contributed by atoms with van der Waals surface area (Å²) < 4.78 is 21.7. The van der Waals surface area contributed by atoms with Crippen LogP contribution in [0.15, 0.2) is 4.99 Å². The molecule has 0 rings (SSSR count). The minimum Gasteiger partial charge on any atom is -0.481 e. The largest absolute Gasteiger partial charge is 0.481 e. The van der Waals surface area contributed by atoms with Crippen molar-refractivity contribution in [2.75, 3.05) is 18.6 Å². The first-order chi connectivity index (χ1) is 6.87. The molecule has 0 saturated heterocycles. The molecule has 7 heteroatoms. The van der Waals surface area contributed by atoms with Gasteiger partial charge in [0.15, 0.2) is 0 Å². The summed E-state index contributed by atoms with van der Waals surface area (Å²) in [6.07, 6.45) is 1.48. The fourth-order valence-electron chi connectivity index (χ4n) is 1.01. The first-order valence-electron chi connectivity index (χ1n) is 4.31. The maximum Gasteiger partial charge on any atom is 0.306 e. The lowest BCUT2D eigenvalue weighted by atomic mass is 10.0. The van der Waals surface area contributed by atoms with E-state index in [1.165, 1.54) is 0 Å². The second-order valence-electron chi connectivity index (χ2n) is 3.22. The maximum atomic E-state index is 10.8. The minimum atomic E-state index is -3.11. The van der Waals surface area contributed by atoms with Gasteiger partial charge < -0.3 is 5.11 Å². The van der Waals surface area contributed by atoms with Gasteiger partial charge in [0.05, 0.1) is 23.4 Å². The van der Waals surface area contributed by atoms with Crippen LogP contribution in [0.1, 0.15) is 12.8 Å². The van der Waals surface area contributed by atoms with E-state index in [1.807, 2.05) is 0 Å². The summed E-state index contributed by atoms with van der Waals surface area (Å²) >= 11 is 4.33.